The Morgan fingerprint density at radius 1 is 1.08 bits per heavy atom. The number of benzene rings is 1. The predicted octanol–water partition coefficient (Wildman–Crippen LogP) is 6.27. The van der Waals surface area contributed by atoms with Crippen LogP contribution >= 0.6 is 11.6 Å². The molecule has 0 radical (unpaired) electrons. The molecule has 1 aliphatic rings. The minimum Gasteiger partial charge on any atom is -0.349 e. The van der Waals surface area contributed by atoms with Crippen molar-refractivity contribution >= 4 is 23.2 Å². The Bertz CT molecular complexity index is 1360. The van der Waals surface area contributed by atoms with Gasteiger partial charge in [-0.3, -0.25) is 14.3 Å². The first-order chi connectivity index (χ1) is 17.3. The molecule has 4 heterocycles. The molecular weight excluding hydrogens is 470 g/mol. The maximum Gasteiger partial charge on any atom is 0.211 e. The molecule has 0 amide bonds. The van der Waals surface area contributed by atoms with E-state index >= 15 is 0 Å². The van der Waals surface area contributed by atoms with Gasteiger partial charge in [0.25, 0.3) is 0 Å². The molecule has 188 valence electrons. The van der Waals surface area contributed by atoms with Crippen LogP contribution in [-0.4, -0.2) is 53.6 Å². The molecule has 8 heteroatoms. The van der Waals surface area contributed by atoms with E-state index in [4.69, 9.17) is 16.6 Å². The number of anilines is 1. The molecule has 7 nitrogen and oxygen atoms in total. The number of hydrogen-bond donors (Lipinski definition) is 1. The molecule has 0 bridgehead atoms. The molecule has 4 aromatic rings. The average molecular weight is 504 g/mol. The van der Waals surface area contributed by atoms with Crippen LogP contribution in [0.5, 0.6) is 0 Å². The van der Waals surface area contributed by atoms with E-state index in [2.05, 4.69) is 59.2 Å². The molecular formula is C28H34ClN7. The first kappa shape index (κ1) is 24.7. The summed E-state index contributed by atoms with van der Waals surface area (Å²) in [4.78, 5) is 12.0. The van der Waals surface area contributed by atoms with Crippen molar-refractivity contribution in [3.05, 3.63) is 59.6 Å². The highest BCUT2D eigenvalue weighted by Gasteiger charge is 2.38. The Morgan fingerprint density at radius 3 is 2.58 bits per heavy atom. The van der Waals surface area contributed by atoms with Gasteiger partial charge in [0.05, 0.1) is 16.8 Å². The number of fused-ring (bicyclic) bond motifs is 1. The molecule has 1 fully saturated rings. The van der Waals surface area contributed by atoms with Gasteiger partial charge >= 0.3 is 0 Å². The van der Waals surface area contributed by atoms with Crippen LogP contribution in [0.2, 0.25) is 5.02 Å². The maximum atomic E-state index is 6.54. The summed E-state index contributed by atoms with van der Waals surface area (Å²) in [6, 6.07) is 10.9. The molecule has 1 saturated heterocycles. The summed E-state index contributed by atoms with van der Waals surface area (Å²) in [6.45, 7) is 12.2. The average Bonchev–Trinajstić information content (AvgIpc) is 3.36. The zero-order valence-electron chi connectivity index (χ0n) is 21.7. The second kappa shape index (κ2) is 9.79. The lowest BCUT2D eigenvalue weighted by Gasteiger charge is -2.47. The minimum absolute atomic E-state index is 0.223. The quantitative estimate of drug-likeness (QED) is 0.334. The van der Waals surface area contributed by atoms with Crippen LogP contribution in [-0.2, 0) is 0 Å². The third-order valence-electron chi connectivity index (χ3n) is 7.34. The Kier molecular flexibility index (Phi) is 6.70. The number of rotatable bonds is 6. The van der Waals surface area contributed by atoms with E-state index in [1.807, 2.05) is 35.6 Å². The highest BCUT2D eigenvalue weighted by Crippen LogP contribution is 2.38. The van der Waals surface area contributed by atoms with Gasteiger partial charge in [0.1, 0.15) is 6.33 Å². The molecule has 0 spiro atoms. The van der Waals surface area contributed by atoms with E-state index in [9.17, 15) is 0 Å². The smallest absolute Gasteiger partial charge is 0.211 e. The number of likely N-dealkylation sites (tertiary alicyclic amines) is 1. The molecule has 1 atom stereocenters. The highest BCUT2D eigenvalue weighted by molar-refractivity contribution is 6.31. The highest BCUT2D eigenvalue weighted by atomic mass is 35.5. The van der Waals surface area contributed by atoms with Gasteiger partial charge in [-0.05, 0) is 83.3 Å². The fourth-order valence-corrected chi connectivity index (χ4v) is 5.60. The normalized spacial score (nSPS) is 17.1. The SMILES string of the molecule is Cc1ccc(-c2c(-c3ccncc3)nc(NC(C)(C)C3CCCCN3C(C)C)n3cnnc23)cc1Cl. The van der Waals surface area contributed by atoms with E-state index in [0.29, 0.717) is 17.1 Å². The number of nitrogens with one attached hydrogen (secondary N) is 1. The van der Waals surface area contributed by atoms with E-state index in [0.717, 1.165) is 52.5 Å². The number of nitrogens with zero attached hydrogens (tertiary/aromatic N) is 6. The summed E-state index contributed by atoms with van der Waals surface area (Å²) in [6.07, 6.45) is 8.95. The van der Waals surface area contributed by atoms with Crippen LogP contribution in [0.1, 0.15) is 52.5 Å². The van der Waals surface area contributed by atoms with E-state index in [1.165, 1.54) is 12.8 Å². The van der Waals surface area contributed by atoms with Crippen LogP contribution in [0.25, 0.3) is 28.0 Å². The number of aryl methyl sites for hydroxylation is 1. The molecule has 3 aromatic heterocycles. The summed E-state index contributed by atoms with van der Waals surface area (Å²) >= 11 is 6.54. The summed E-state index contributed by atoms with van der Waals surface area (Å²) in [7, 11) is 0. The van der Waals surface area contributed by atoms with Gasteiger partial charge < -0.3 is 5.32 Å². The van der Waals surface area contributed by atoms with Gasteiger partial charge in [0, 0.05) is 35.1 Å². The van der Waals surface area contributed by atoms with Crippen LogP contribution in [0.15, 0.2) is 49.1 Å². The molecule has 1 aromatic carbocycles. The zero-order valence-corrected chi connectivity index (χ0v) is 22.4. The third-order valence-corrected chi connectivity index (χ3v) is 7.75. The van der Waals surface area contributed by atoms with Crippen molar-refractivity contribution < 1.29 is 0 Å². The molecule has 0 saturated carbocycles. The second-order valence-corrected chi connectivity index (χ2v) is 11.0. The molecule has 0 aliphatic carbocycles. The molecule has 1 N–H and O–H groups in total. The monoisotopic (exact) mass is 503 g/mol. The van der Waals surface area contributed by atoms with Crippen molar-refractivity contribution in [2.75, 3.05) is 11.9 Å². The number of aromatic nitrogens is 5. The van der Waals surface area contributed by atoms with Crippen molar-refractivity contribution in [1.82, 2.24) is 29.5 Å². The van der Waals surface area contributed by atoms with Crippen molar-refractivity contribution in [2.45, 2.75) is 71.5 Å². The number of halogens is 1. The summed E-state index contributed by atoms with van der Waals surface area (Å²) < 4.78 is 1.96. The number of hydrogen-bond acceptors (Lipinski definition) is 6. The van der Waals surface area contributed by atoms with Crippen LogP contribution in [0.4, 0.5) is 5.95 Å². The Morgan fingerprint density at radius 2 is 1.86 bits per heavy atom. The van der Waals surface area contributed by atoms with Crippen LogP contribution < -0.4 is 5.32 Å². The van der Waals surface area contributed by atoms with Gasteiger partial charge in [-0.2, -0.15) is 0 Å². The number of pyridine rings is 1. The molecule has 1 aliphatic heterocycles. The molecule has 36 heavy (non-hydrogen) atoms. The van der Waals surface area contributed by atoms with Gasteiger partial charge in [-0.15, -0.1) is 10.2 Å². The number of piperidine rings is 1. The molecule has 1 unspecified atom stereocenters. The fourth-order valence-electron chi connectivity index (χ4n) is 5.42. The lowest BCUT2D eigenvalue weighted by atomic mass is 9.85. The second-order valence-electron chi connectivity index (χ2n) is 10.6. The zero-order chi connectivity index (χ0) is 25.4. The van der Waals surface area contributed by atoms with Gasteiger partial charge in [0.2, 0.25) is 5.95 Å². The summed E-state index contributed by atoms with van der Waals surface area (Å²) in [5.41, 5.74) is 5.17. The van der Waals surface area contributed by atoms with Gasteiger partial charge in [-0.25, -0.2) is 4.98 Å². The first-order valence-corrected chi connectivity index (χ1v) is 13.1. The van der Waals surface area contributed by atoms with E-state index in [-0.39, 0.29) is 5.54 Å². The maximum absolute atomic E-state index is 6.54. The first-order valence-electron chi connectivity index (χ1n) is 12.7. The topological polar surface area (TPSA) is 71.2 Å². The lowest BCUT2D eigenvalue weighted by Crippen LogP contribution is -2.57. The molecule has 5 rings (SSSR count). The van der Waals surface area contributed by atoms with Gasteiger partial charge in [-0.1, -0.05) is 30.2 Å². The van der Waals surface area contributed by atoms with Crippen molar-refractivity contribution in [3.8, 4) is 22.4 Å². The van der Waals surface area contributed by atoms with Crippen molar-refractivity contribution in [1.29, 1.82) is 0 Å². The van der Waals surface area contributed by atoms with Crippen molar-refractivity contribution in [3.63, 3.8) is 0 Å². The third kappa shape index (κ3) is 4.58. The summed E-state index contributed by atoms with van der Waals surface area (Å²) in [5, 5.41) is 13.3. The van der Waals surface area contributed by atoms with Crippen LogP contribution in [0.3, 0.4) is 0 Å². The van der Waals surface area contributed by atoms with E-state index in [1.54, 1.807) is 18.7 Å². The Hall–Kier alpha value is -3.03. The standard InChI is InChI=1S/C28H34ClN7/c1-18(2)35-15-7-6-8-23(35)28(4,5)33-27-32-25(20-11-13-30-14-12-20)24(26-34-31-17-36(26)27)21-10-9-19(3)22(29)16-21/h9-14,16-18,23H,6-8,15H2,1-5H3,(H,32,33). The lowest BCUT2D eigenvalue weighted by molar-refractivity contribution is 0.0740. The predicted molar refractivity (Wildman–Crippen MR) is 146 cm³/mol. The van der Waals surface area contributed by atoms with Crippen LogP contribution in [0, 0.1) is 6.92 Å². The summed E-state index contributed by atoms with van der Waals surface area (Å²) in [5.74, 6) is 0.725. The van der Waals surface area contributed by atoms with E-state index < -0.39 is 0 Å². The Balaban J connectivity index is 1.67. The van der Waals surface area contributed by atoms with Gasteiger partial charge in [0.15, 0.2) is 5.65 Å². The van der Waals surface area contributed by atoms with Crippen molar-refractivity contribution in [2.24, 2.45) is 0 Å². The minimum atomic E-state index is -0.223. The fraction of sp³-hybridized carbons (Fsp3) is 0.429. The Labute approximate surface area is 217 Å². The largest absolute Gasteiger partial charge is 0.349 e.